The van der Waals surface area contributed by atoms with Crippen LogP contribution in [0.2, 0.25) is 0 Å². The summed E-state index contributed by atoms with van der Waals surface area (Å²) in [5, 5.41) is 13.7. The fraction of sp³-hybridized carbons (Fsp3) is 0.235. The number of carbonyl (C=O) groups excluding carboxylic acids is 1. The molecule has 0 saturated carbocycles. The lowest BCUT2D eigenvalue weighted by Gasteiger charge is -2.19. The molecular formula is C17H16N2O6. The predicted octanol–water partition coefficient (Wildman–Crippen LogP) is 2.69. The number of carbonyl (C=O) groups is 1. The van der Waals surface area contributed by atoms with E-state index in [2.05, 4.69) is 5.32 Å². The first-order valence-corrected chi connectivity index (χ1v) is 7.60. The molecular weight excluding hydrogens is 328 g/mol. The Balaban J connectivity index is 1.64. The minimum Gasteiger partial charge on any atom is -0.486 e. The number of anilines is 1. The first kappa shape index (κ1) is 16.6. The van der Waals surface area contributed by atoms with Crippen LogP contribution < -0.4 is 19.5 Å². The van der Waals surface area contributed by atoms with Crippen LogP contribution in [-0.4, -0.2) is 30.7 Å². The fourth-order valence-corrected chi connectivity index (χ4v) is 2.35. The van der Waals surface area contributed by atoms with Crippen molar-refractivity contribution in [1.82, 2.24) is 0 Å². The van der Waals surface area contributed by atoms with Gasteiger partial charge in [0.25, 0.3) is 5.91 Å². The standard InChI is InChI=1S/C17H16N2O6/c1-11-2-4-13(19(21)22)15(8-11)25-10-17(20)18-12-3-5-14-16(9-12)24-7-6-23-14/h2-5,8-9H,6-7,10H2,1H3,(H,18,20). The molecule has 1 amide bonds. The zero-order valence-corrected chi connectivity index (χ0v) is 13.5. The molecule has 130 valence electrons. The van der Waals surface area contributed by atoms with E-state index >= 15 is 0 Å². The zero-order chi connectivity index (χ0) is 17.8. The molecule has 1 aliphatic heterocycles. The molecule has 0 radical (unpaired) electrons. The molecule has 0 spiro atoms. The van der Waals surface area contributed by atoms with Crippen molar-refractivity contribution < 1.29 is 23.9 Å². The van der Waals surface area contributed by atoms with Crippen molar-refractivity contribution in [2.24, 2.45) is 0 Å². The van der Waals surface area contributed by atoms with Gasteiger partial charge in [-0.3, -0.25) is 14.9 Å². The van der Waals surface area contributed by atoms with E-state index in [1.807, 2.05) is 0 Å². The molecule has 0 aliphatic carbocycles. The SMILES string of the molecule is Cc1ccc([N+](=O)[O-])c(OCC(=O)Nc2ccc3c(c2)OCCO3)c1. The molecule has 0 unspecified atom stereocenters. The van der Waals surface area contributed by atoms with E-state index in [0.717, 1.165) is 5.56 Å². The van der Waals surface area contributed by atoms with Crippen molar-refractivity contribution >= 4 is 17.3 Å². The summed E-state index contributed by atoms with van der Waals surface area (Å²) in [6.07, 6.45) is 0. The molecule has 3 rings (SSSR count). The molecule has 0 fully saturated rings. The van der Waals surface area contributed by atoms with Crippen molar-refractivity contribution in [2.45, 2.75) is 6.92 Å². The molecule has 1 heterocycles. The number of nitrogens with one attached hydrogen (secondary N) is 1. The zero-order valence-electron chi connectivity index (χ0n) is 13.5. The number of ether oxygens (including phenoxy) is 3. The topological polar surface area (TPSA) is 99.9 Å². The molecule has 25 heavy (non-hydrogen) atoms. The molecule has 1 N–H and O–H groups in total. The maximum absolute atomic E-state index is 12.0. The second-order valence-electron chi connectivity index (χ2n) is 5.42. The number of aryl methyl sites for hydroxylation is 1. The molecule has 2 aromatic carbocycles. The Labute approximate surface area is 143 Å². The third kappa shape index (κ3) is 3.97. The van der Waals surface area contributed by atoms with Gasteiger partial charge in [-0.2, -0.15) is 0 Å². The molecule has 0 bridgehead atoms. The number of hydrogen-bond donors (Lipinski definition) is 1. The summed E-state index contributed by atoms with van der Waals surface area (Å²) >= 11 is 0. The number of nitrogens with zero attached hydrogens (tertiary/aromatic N) is 1. The summed E-state index contributed by atoms with van der Waals surface area (Å²) < 4.78 is 16.2. The highest BCUT2D eigenvalue weighted by atomic mass is 16.6. The van der Waals surface area contributed by atoms with Crippen molar-refractivity contribution in [1.29, 1.82) is 0 Å². The lowest BCUT2D eigenvalue weighted by Crippen LogP contribution is -2.21. The number of benzene rings is 2. The third-order valence-corrected chi connectivity index (χ3v) is 3.50. The Morgan fingerprint density at radius 1 is 1.20 bits per heavy atom. The van der Waals surface area contributed by atoms with E-state index in [1.165, 1.54) is 12.1 Å². The summed E-state index contributed by atoms with van der Waals surface area (Å²) in [5.74, 6) is 0.796. The largest absolute Gasteiger partial charge is 0.486 e. The van der Waals surface area contributed by atoms with Crippen LogP contribution in [0, 0.1) is 17.0 Å². The van der Waals surface area contributed by atoms with Gasteiger partial charge in [-0.05, 0) is 30.7 Å². The first-order chi connectivity index (χ1) is 12.0. The maximum Gasteiger partial charge on any atom is 0.310 e. The summed E-state index contributed by atoms with van der Waals surface area (Å²) in [6.45, 7) is 2.37. The molecule has 8 heteroatoms. The quantitative estimate of drug-likeness (QED) is 0.661. The van der Waals surface area contributed by atoms with Crippen LogP contribution in [0.15, 0.2) is 36.4 Å². The van der Waals surface area contributed by atoms with Gasteiger partial charge >= 0.3 is 5.69 Å². The van der Waals surface area contributed by atoms with Gasteiger partial charge in [-0.15, -0.1) is 0 Å². The molecule has 1 aliphatic rings. The fourth-order valence-electron chi connectivity index (χ4n) is 2.35. The minimum atomic E-state index is -0.548. The van der Waals surface area contributed by atoms with Crippen molar-refractivity contribution in [3.8, 4) is 17.2 Å². The predicted molar refractivity (Wildman–Crippen MR) is 89.4 cm³/mol. The molecule has 0 atom stereocenters. The van der Waals surface area contributed by atoms with Gasteiger partial charge in [-0.25, -0.2) is 0 Å². The number of nitro groups is 1. The van der Waals surface area contributed by atoms with Crippen molar-refractivity contribution in [3.05, 3.63) is 52.1 Å². The number of nitro benzene ring substituents is 1. The van der Waals surface area contributed by atoms with Crippen LogP contribution in [-0.2, 0) is 4.79 Å². The Hall–Kier alpha value is -3.29. The van der Waals surface area contributed by atoms with Crippen molar-refractivity contribution in [3.63, 3.8) is 0 Å². The lowest BCUT2D eigenvalue weighted by molar-refractivity contribution is -0.385. The summed E-state index contributed by atoms with van der Waals surface area (Å²) in [7, 11) is 0. The summed E-state index contributed by atoms with van der Waals surface area (Å²) in [6, 6.07) is 9.53. The highest BCUT2D eigenvalue weighted by Crippen LogP contribution is 2.32. The van der Waals surface area contributed by atoms with E-state index in [0.29, 0.717) is 30.4 Å². The van der Waals surface area contributed by atoms with Gasteiger partial charge in [0.1, 0.15) is 13.2 Å². The minimum absolute atomic E-state index is 0.0577. The van der Waals surface area contributed by atoms with Gasteiger partial charge in [0, 0.05) is 17.8 Å². The lowest BCUT2D eigenvalue weighted by atomic mass is 10.2. The van der Waals surface area contributed by atoms with E-state index in [4.69, 9.17) is 14.2 Å². The highest BCUT2D eigenvalue weighted by Gasteiger charge is 2.17. The van der Waals surface area contributed by atoms with Crippen molar-refractivity contribution in [2.75, 3.05) is 25.1 Å². The number of fused-ring (bicyclic) bond motifs is 1. The molecule has 0 aromatic heterocycles. The average Bonchev–Trinajstić information content (AvgIpc) is 2.59. The van der Waals surface area contributed by atoms with Crippen LogP contribution in [0.3, 0.4) is 0 Å². The van der Waals surface area contributed by atoms with Gasteiger partial charge in [0.2, 0.25) is 0 Å². The van der Waals surface area contributed by atoms with E-state index < -0.39 is 10.8 Å². The Bertz CT molecular complexity index is 821. The molecule has 8 nitrogen and oxygen atoms in total. The Kier molecular flexibility index (Phi) is 4.69. The van der Waals surface area contributed by atoms with E-state index in [9.17, 15) is 14.9 Å². The van der Waals surface area contributed by atoms with Gasteiger partial charge < -0.3 is 19.5 Å². The average molecular weight is 344 g/mol. The summed E-state index contributed by atoms with van der Waals surface area (Å²) in [5.41, 5.74) is 1.14. The summed E-state index contributed by atoms with van der Waals surface area (Å²) in [4.78, 5) is 22.5. The number of amides is 1. The normalized spacial score (nSPS) is 12.4. The number of hydrogen-bond acceptors (Lipinski definition) is 6. The Morgan fingerprint density at radius 2 is 1.96 bits per heavy atom. The Morgan fingerprint density at radius 3 is 2.72 bits per heavy atom. The maximum atomic E-state index is 12.0. The second-order valence-corrected chi connectivity index (χ2v) is 5.42. The first-order valence-electron chi connectivity index (χ1n) is 7.60. The van der Waals surface area contributed by atoms with Crippen LogP contribution in [0.4, 0.5) is 11.4 Å². The van der Waals surface area contributed by atoms with Crippen LogP contribution in [0.1, 0.15) is 5.56 Å². The van der Waals surface area contributed by atoms with Crippen LogP contribution >= 0.6 is 0 Å². The number of rotatable bonds is 5. The van der Waals surface area contributed by atoms with Gasteiger partial charge in [-0.1, -0.05) is 6.07 Å². The second kappa shape index (κ2) is 7.08. The smallest absolute Gasteiger partial charge is 0.310 e. The van der Waals surface area contributed by atoms with E-state index in [-0.39, 0.29) is 18.0 Å². The van der Waals surface area contributed by atoms with Gasteiger partial charge in [0.05, 0.1) is 4.92 Å². The molecule has 0 saturated heterocycles. The monoisotopic (exact) mass is 344 g/mol. The third-order valence-electron chi connectivity index (χ3n) is 3.50. The van der Waals surface area contributed by atoms with Crippen LogP contribution in [0.25, 0.3) is 0 Å². The van der Waals surface area contributed by atoms with Crippen LogP contribution in [0.5, 0.6) is 17.2 Å². The van der Waals surface area contributed by atoms with E-state index in [1.54, 1.807) is 31.2 Å². The highest BCUT2D eigenvalue weighted by molar-refractivity contribution is 5.92. The van der Waals surface area contributed by atoms with Gasteiger partial charge in [0.15, 0.2) is 23.9 Å². The molecule has 2 aromatic rings.